The first-order valence-corrected chi connectivity index (χ1v) is 6.40. The molecule has 0 saturated carbocycles. The van der Waals surface area contributed by atoms with E-state index in [1.54, 1.807) is 0 Å². The Balaban J connectivity index is 2.07. The SMILES string of the molecule is O=C(COc1ccc([N+](=O)[O-])cc1[N+](=O)[O-])N1CCOCC1. The average molecular weight is 311 g/mol. The highest BCUT2D eigenvalue weighted by Gasteiger charge is 2.23. The van der Waals surface area contributed by atoms with Gasteiger partial charge in [-0.3, -0.25) is 25.0 Å². The van der Waals surface area contributed by atoms with E-state index in [1.165, 1.54) is 4.90 Å². The highest BCUT2D eigenvalue weighted by molar-refractivity contribution is 5.78. The maximum atomic E-state index is 11.9. The van der Waals surface area contributed by atoms with Gasteiger partial charge in [0.15, 0.2) is 12.4 Å². The average Bonchev–Trinajstić information content (AvgIpc) is 2.53. The molecule has 0 aliphatic carbocycles. The van der Waals surface area contributed by atoms with Gasteiger partial charge in [-0.1, -0.05) is 0 Å². The zero-order chi connectivity index (χ0) is 16.1. The third-order valence-corrected chi connectivity index (χ3v) is 3.06. The highest BCUT2D eigenvalue weighted by Crippen LogP contribution is 2.30. The minimum absolute atomic E-state index is 0.183. The van der Waals surface area contributed by atoms with E-state index < -0.39 is 21.2 Å². The smallest absolute Gasteiger partial charge is 0.317 e. The molecule has 0 N–H and O–H groups in total. The summed E-state index contributed by atoms with van der Waals surface area (Å²) in [4.78, 5) is 33.5. The molecule has 1 aliphatic heterocycles. The first-order valence-electron chi connectivity index (χ1n) is 6.40. The topological polar surface area (TPSA) is 125 Å². The van der Waals surface area contributed by atoms with Gasteiger partial charge in [-0.25, -0.2) is 0 Å². The van der Waals surface area contributed by atoms with Crippen LogP contribution in [0.2, 0.25) is 0 Å². The van der Waals surface area contributed by atoms with Gasteiger partial charge in [0, 0.05) is 19.2 Å². The van der Waals surface area contributed by atoms with Crippen LogP contribution in [-0.2, 0) is 9.53 Å². The van der Waals surface area contributed by atoms with Crippen molar-refractivity contribution in [1.82, 2.24) is 4.90 Å². The Bertz CT molecular complexity index is 598. The van der Waals surface area contributed by atoms with E-state index >= 15 is 0 Å². The number of carbonyl (C=O) groups excluding carboxylic acids is 1. The van der Waals surface area contributed by atoms with E-state index in [0.717, 1.165) is 18.2 Å². The standard InChI is InChI=1S/C12H13N3O7/c16-12(13-3-5-21-6-4-13)8-22-11-2-1-9(14(17)18)7-10(11)15(19)20/h1-2,7H,3-6,8H2. The van der Waals surface area contributed by atoms with E-state index in [9.17, 15) is 25.0 Å². The summed E-state index contributed by atoms with van der Waals surface area (Å²) < 4.78 is 10.3. The molecule has 10 nitrogen and oxygen atoms in total. The van der Waals surface area contributed by atoms with Crippen molar-refractivity contribution in [2.75, 3.05) is 32.9 Å². The van der Waals surface area contributed by atoms with Gasteiger partial charge in [-0.2, -0.15) is 0 Å². The highest BCUT2D eigenvalue weighted by atomic mass is 16.6. The number of amides is 1. The fourth-order valence-electron chi connectivity index (χ4n) is 1.93. The quantitative estimate of drug-likeness (QED) is 0.580. The normalized spacial score (nSPS) is 14.5. The number of hydrogen-bond acceptors (Lipinski definition) is 7. The first-order chi connectivity index (χ1) is 10.5. The van der Waals surface area contributed by atoms with Crippen LogP contribution in [0, 0.1) is 20.2 Å². The number of benzene rings is 1. The van der Waals surface area contributed by atoms with Crippen LogP contribution >= 0.6 is 0 Å². The number of nitro groups is 2. The summed E-state index contributed by atoms with van der Waals surface area (Å²) >= 11 is 0. The molecule has 1 aliphatic rings. The first kappa shape index (κ1) is 15.6. The van der Waals surface area contributed by atoms with Gasteiger partial charge in [0.2, 0.25) is 0 Å². The van der Waals surface area contributed by atoms with Crippen molar-refractivity contribution in [1.29, 1.82) is 0 Å². The molecule has 1 aromatic carbocycles. The number of hydrogen-bond donors (Lipinski definition) is 0. The second kappa shape index (κ2) is 6.80. The van der Waals surface area contributed by atoms with Crippen LogP contribution in [0.5, 0.6) is 5.75 Å². The summed E-state index contributed by atoms with van der Waals surface area (Å²) in [6, 6.07) is 3.00. The number of nitro benzene ring substituents is 2. The van der Waals surface area contributed by atoms with Crippen LogP contribution in [0.15, 0.2) is 18.2 Å². The molecule has 1 saturated heterocycles. The van der Waals surface area contributed by atoms with Gasteiger partial charge in [-0.15, -0.1) is 0 Å². The molecule has 1 amide bonds. The van der Waals surface area contributed by atoms with E-state index in [0.29, 0.717) is 26.3 Å². The van der Waals surface area contributed by atoms with Crippen LogP contribution in [0.4, 0.5) is 11.4 Å². The number of ether oxygens (including phenoxy) is 2. The van der Waals surface area contributed by atoms with Crippen molar-refractivity contribution in [3.8, 4) is 5.75 Å². The lowest BCUT2D eigenvalue weighted by molar-refractivity contribution is -0.394. The van der Waals surface area contributed by atoms with Crippen molar-refractivity contribution >= 4 is 17.3 Å². The molecule has 1 fully saturated rings. The summed E-state index contributed by atoms with van der Waals surface area (Å²) in [5, 5.41) is 21.6. The molecule has 118 valence electrons. The summed E-state index contributed by atoms with van der Waals surface area (Å²) in [6.45, 7) is 1.36. The second-order valence-corrected chi connectivity index (χ2v) is 4.45. The van der Waals surface area contributed by atoms with Crippen LogP contribution < -0.4 is 4.74 Å². The van der Waals surface area contributed by atoms with Crippen LogP contribution in [0.3, 0.4) is 0 Å². The number of non-ortho nitro benzene ring substituents is 1. The molecule has 0 aromatic heterocycles. The van der Waals surface area contributed by atoms with Gasteiger partial charge in [-0.05, 0) is 6.07 Å². The zero-order valence-electron chi connectivity index (χ0n) is 11.5. The predicted octanol–water partition coefficient (Wildman–Crippen LogP) is 0.741. The lowest BCUT2D eigenvalue weighted by Gasteiger charge is -2.26. The third kappa shape index (κ3) is 3.67. The molecule has 22 heavy (non-hydrogen) atoms. The molecule has 1 heterocycles. The number of rotatable bonds is 5. The van der Waals surface area contributed by atoms with E-state index in [1.807, 2.05) is 0 Å². The fraction of sp³-hybridized carbons (Fsp3) is 0.417. The van der Waals surface area contributed by atoms with Gasteiger partial charge in [0.1, 0.15) is 0 Å². The van der Waals surface area contributed by atoms with Crippen molar-refractivity contribution in [3.63, 3.8) is 0 Å². The summed E-state index contributed by atoms with van der Waals surface area (Å²) in [5.74, 6) is -0.506. The second-order valence-electron chi connectivity index (χ2n) is 4.45. The van der Waals surface area contributed by atoms with Gasteiger partial charge < -0.3 is 14.4 Å². The number of morpholine rings is 1. The van der Waals surface area contributed by atoms with Gasteiger partial charge in [0.25, 0.3) is 11.6 Å². The zero-order valence-corrected chi connectivity index (χ0v) is 11.5. The molecular weight excluding hydrogens is 298 g/mol. The van der Waals surface area contributed by atoms with Gasteiger partial charge >= 0.3 is 5.69 Å². The molecule has 0 unspecified atom stereocenters. The third-order valence-electron chi connectivity index (χ3n) is 3.06. The Hall–Kier alpha value is -2.75. The Kier molecular flexibility index (Phi) is 4.84. The van der Waals surface area contributed by atoms with Crippen molar-refractivity contribution in [2.24, 2.45) is 0 Å². The van der Waals surface area contributed by atoms with Crippen LogP contribution in [0.25, 0.3) is 0 Å². The lowest BCUT2D eigenvalue weighted by atomic mass is 10.2. The summed E-state index contributed by atoms with van der Waals surface area (Å²) in [7, 11) is 0. The fourth-order valence-corrected chi connectivity index (χ4v) is 1.93. The molecule has 2 rings (SSSR count). The Morgan fingerprint density at radius 3 is 2.50 bits per heavy atom. The number of nitrogens with zero attached hydrogens (tertiary/aromatic N) is 3. The molecular formula is C12H13N3O7. The molecule has 0 bridgehead atoms. The van der Waals surface area contributed by atoms with E-state index in [2.05, 4.69) is 0 Å². The van der Waals surface area contributed by atoms with Crippen molar-refractivity contribution in [3.05, 3.63) is 38.4 Å². The van der Waals surface area contributed by atoms with Crippen molar-refractivity contribution < 1.29 is 24.1 Å². The maximum absolute atomic E-state index is 11.9. The van der Waals surface area contributed by atoms with Crippen molar-refractivity contribution in [2.45, 2.75) is 0 Å². The van der Waals surface area contributed by atoms with Crippen LogP contribution in [0.1, 0.15) is 0 Å². The predicted molar refractivity (Wildman–Crippen MR) is 72.6 cm³/mol. The Morgan fingerprint density at radius 1 is 1.23 bits per heavy atom. The minimum Gasteiger partial charge on any atom is -0.477 e. The summed E-state index contributed by atoms with van der Waals surface area (Å²) in [5.41, 5.74) is -0.970. The molecule has 0 spiro atoms. The Labute approximate surface area is 124 Å². The molecule has 10 heteroatoms. The maximum Gasteiger partial charge on any atom is 0.317 e. The molecule has 0 atom stereocenters. The minimum atomic E-state index is -0.790. The van der Waals surface area contributed by atoms with Crippen LogP contribution in [-0.4, -0.2) is 53.6 Å². The lowest BCUT2D eigenvalue weighted by Crippen LogP contribution is -2.43. The monoisotopic (exact) mass is 311 g/mol. The number of carbonyl (C=O) groups is 1. The molecule has 1 aromatic rings. The van der Waals surface area contributed by atoms with E-state index in [4.69, 9.17) is 9.47 Å². The van der Waals surface area contributed by atoms with Gasteiger partial charge in [0.05, 0.1) is 29.1 Å². The largest absolute Gasteiger partial charge is 0.477 e. The Morgan fingerprint density at radius 2 is 1.91 bits per heavy atom. The molecule has 0 radical (unpaired) electrons. The summed E-state index contributed by atoms with van der Waals surface area (Å²) in [6.07, 6.45) is 0. The van der Waals surface area contributed by atoms with E-state index in [-0.39, 0.29) is 18.3 Å².